The molecule has 5 rings (SSSR count). The molecule has 3 fully saturated rings. The van der Waals surface area contributed by atoms with Crippen LogP contribution in [0.1, 0.15) is 192 Å². The largest absolute Gasteiger partial charge is 0.494 e. The Kier molecular flexibility index (Phi) is 21.4. The van der Waals surface area contributed by atoms with E-state index in [0.29, 0.717) is 12.0 Å². The lowest BCUT2D eigenvalue weighted by molar-refractivity contribution is -0.275. The molecule has 2 aromatic carbocycles. The van der Waals surface area contributed by atoms with Gasteiger partial charge in [0.15, 0.2) is 12.6 Å². The fourth-order valence-electron chi connectivity index (χ4n) is 8.92. The zero-order valence-corrected chi connectivity index (χ0v) is 36.4. The van der Waals surface area contributed by atoms with Gasteiger partial charge in [0.05, 0.1) is 42.7 Å². The van der Waals surface area contributed by atoms with E-state index in [0.717, 1.165) is 107 Å². The molecule has 0 amide bonds. The first-order chi connectivity index (χ1) is 28.4. The standard InChI is InChI=1S/C50H78O8/c1-4-6-7-12-18-23-48-54-42(5-2)35-46(56-48)37-47-36-45(34-38(3)51)55-49(57-47)24-19-13-10-8-9-11-14-20-33-53-43-31-29-40(30-32-43)39-25-27-41(28-26-39)50(52)58-44-21-16-15-17-22-44/h25-32,38,42,44-49,51H,4-24,33-37H2,1-3H3. The van der Waals surface area contributed by atoms with E-state index in [9.17, 15) is 9.90 Å². The number of aliphatic hydroxyl groups is 1. The third kappa shape index (κ3) is 17.2. The van der Waals surface area contributed by atoms with Crippen LogP contribution in [0.25, 0.3) is 11.1 Å². The number of carbonyl (C=O) groups is 1. The van der Waals surface area contributed by atoms with Gasteiger partial charge in [-0.05, 0) is 113 Å². The summed E-state index contributed by atoms with van der Waals surface area (Å²) in [6.07, 6.45) is 27.3. The Morgan fingerprint density at radius 1 is 0.655 bits per heavy atom. The normalized spacial score (nSPS) is 24.7. The average molecular weight is 807 g/mol. The molecular weight excluding hydrogens is 729 g/mol. The molecule has 58 heavy (non-hydrogen) atoms. The number of rotatable bonds is 26. The number of carbonyl (C=O) groups excluding carboxylic acids is 1. The van der Waals surface area contributed by atoms with E-state index in [4.69, 9.17) is 28.4 Å². The predicted octanol–water partition coefficient (Wildman–Crippen LogP) is 12.7. The van der Waals surface area contributed by atoms with E-state index in [2.05, 4.69) is 26.0 Å². The van der Waals surface area contributed by atoms with Gasteiger partial charge in [0.1, 0.15) is 11.9 Å². The lowest BCUT2D eigenvalue weighted by Gasteiger charge is -2.40. The highest BCUT2D eigenvalue weighted by Crippen LogP contribution is 2.33. The van der Waals surface area contributed by atoms with Crippen LogP contribution in [-0.4, -0.2) is 66.9 Å². The van der Waals surface area contributed by atoms with Crippen LogP contribution in [0, 0.1) is 0 Å². The van der Waals surface area contributed by atoms with Gasteiger partial charge in [-0.25, -0.2) is 4.79 Å². The quantitative estimate of drug-likeness (QED) is 0.0742. The fraction of sp³-hybridized carbons (Fsp3) is 0.740. The number of ether oxygens (including phenoxy) is 6. The first-order valence-corrected chi connectivity index (χ1v) is 23.7. The molecule has 326 valence electrons. The molecule has 1 saturated carbocycles. The Balaban J connectivity index is 0.909. The van der Waals surface area contributed by atoms with Crippen LogP contribution in [-0.2, 0) is 23.7 Å². The Morgan fingerprint density at radius 2 is 1.17 bits per heavy atom. The molecule has 0 bridgehead atoms. The summed E-state index contributed by atoms with van der Waals surface area (Å²) in [5.41, 5.74) is 2.79. The summed E-state index contributed by atoms with van der Waals surface area (Å²) in [6, 6.07) is 16.0. The summed E-state index contributed by atoms with van der Waals surface area (Å²) in [6.45, 7) is 7.06. The number of hydrogen-bond donors (Lipinski definition) is 1. The highest BCUT2D eigenvalue weighted by Gasteiger charge is 2.36. The van der Waals surface area contributed by atoms with E-state index < -0.39 is 0 Å². The number of aliphatic hydroxyl groups excluding tert-OH is 1. The Bertz CT molecular complexity index is 1370. The molecule has 3 aliphatic rings. The Morgan fingerprint density at radius 3 is 1.76 bits per heavy atom. The number of hydrogen-bond acceptors (Lipinski definition) is 8. The second-order valence-electron chi connectivity index (χ2n) is 17.5. The average Bonchev–Trinajstić information content (AvgIpc) is 3.23. The zero-order valence-electron chi connectivity index (χ0n) is 36.4. The molecule has 0 spiro atoms. The van der Waals surface area contributed by atoms with Crippen LogP contribution in [0.15, 0.2) is 48.5 Å². The van der Waals surface area contributed by atoms with Gasteiger partial charge in [0.25, 0.3) is 0 Å². The van der Waals surface area contributed by atoms with Crippen molar-refractivity contribution in [2.75, 3.05) is 6.61 Å². The second kappa shape index (κ2) is 26.7. The van der Waals surface area contributed by atoms with Crippen molar-refractivity contribution < 1.29 is 38.3 Å². The van der Waals surface area contributed by atoms with Gasteiger partial charge in [-0.1, -0.05) is 109 Å². The minimum atomic E-state index is -0.384. The first kappa shape index (κ1) is 46.6. The molecular formula is C50H78O8. The molecule has 2 saturated heterocycles. The Hall–Kier alpha value is -2.49. The second-order valence-corrected chi connectivity index (χ2v) is 17.5. The minimum absolute atomic E-state index is 0.0247. The van der Waals surface area contributed by atoms with Crippen molar-refractivity contribution in [3.8, 4) is 16.9 Å². The third-order valence-electron chi connectivity index (χ3n) is 12.3. The molecule has 0 aromatic heterocycles. The maximum absolute atomic E-state index is 12.6. The first-order valence-electron chi connectivity index (χ1n) is 23.7. The molecule has 8 nitrogen and oxygen atoms in total. The molecule has 7 unspecified atom stereocenters. The summed E-state index contributed by atoms with van der Waals surface area (Å²) in [7, 11) is 0. The summed E-state index contributed by atoms with van der Waals surface area (Å²) in [5.74, 6) is 0.680. The molecule has 1 aliphatic carbocycles. The monoisotopic (exact) mass is 807 g/mol. The third-order valence-corrected chi connectivity index (χ3v) is 12.3. The van der Waals surface area contributed by atoms with Crippen LogP contribution >= 0.6 is 0 Å². The van der Waals surface area contributed by atoms with Crippen LogP contribution in [0.3, 0.4) is 0 Å². The van der Waals surface area contributed by atoms with E-state index >= 15 is 0 Å². The maximum Gasteiger partial charge on any atom is 0.338 e. The van der Waals surface area contributed by atoms with Gasteiger partial charge in [-0.15, -0.1) is 0 Å². The SMILES string of the molecule is CCCCCCCC1OC(CC)CC(CC2CC(CC(C)O)OC(CCCCCCCCCCOc3ccc(-c4ccc(C(=O)OC5CCCCC5)cc4)cc3)O2)O1. The van der Waals surface area contributed by atoms with Crippen LogP contribution in [0.5, 0.6) is 5.75 Å². The Labute approximate surface area is 351 Å². The minimum Gasteiger partial charge on any atom is -0.494 e. The van der Waals surface area contributed by atoms with E-state index in [1.54, 1.807) is 0 Å². The molecule has 7 atom stereocenters. The lowest BCUT2D eigenvalue weighted by Crippen LogP contribution is -2.44. The summed E-state index contributed by atoms with van der Waals surface area (Å²) in [4.78, 5) is 12.6. The van der Waals surface area contributed by atoms with Gasteiger partial charge in [0.2, 0.25) is 0 Å². The topological polar surface area (TPSA) is 92.7 Å². The number of esters is 1. The predicted molar refractivity (Wildman–Crippen MR) is 232 cm³/mol. The van der Waals surface area contributed by atoms with Crippen LogP contribution in [0.2, 0.25) is 0 Å². The van der Waals surface area contributed by atoms with Gasteiger partial charge in [-0.2, -0.15) is 0 Å². The molecule has 2 aromatic rings. The van der Waals surface area contributed by atoms with Crippen LogP contribution in [0.4, 0.5) is 0 Å². The summed E-state index contributed by atoms with van der Waals surface area (Å²) >= 11 is 0. The van der Waals surface area contributed by atoms with Gasteiger partial charge in [-0.3, -0.25) is 0 Å². The molecule has 2 heterocycles. The highest BCUT2D eigenvalue weighted by molar-refractivity contribution is 5.90. The number of unbranched alkanes of at least 4 members (excludes halogenated alkanes) is 11. The van der Waals surface area contributed by atoms with E-state index in [1.807, 2.05) is 43.3 Å². The lowest BCUT2D eigenvalue weighted by atomic mass is 9.96. The summed E-state index contributed by atoms with van der Waals surface area (Å²) in [5, 5.41) is 10.2. The van der Waals surface area contributed by atoms with E-state index in [1.165, 1.54) is 70.6 Å². The highest BCUT2D eigenvalue weighted by atomic mass is 16.7. The van der Waals surface area contributed by atoms with Crippen molar-refractivity contribution in [2.24, 2.45) is 0 Å². The molecule has 0 radical (unpaired) electrons. The fourth-order valence-corrected chi connectivity index (χ4v) is 8.92. The van der Waals surface area contributed by atoms with Crippen molar-refractivity contribution in [2.45, 2.75) is 230 Å². The molecule has 2 aliphatic heterocycles. The number of benzene rings is 2. The summed E-state index contributed by atoms with van der Waals surface area (Å²) < 4.78 is 37.5. The van der Waals surface area contributed by atoms with Crippen molar-refractivity contribution in [1.82, 2.24) is 0 Å². The smallest absolute Gasteiger partial charge is 0.338 e. The zero-order chi connectivity index (χ0) is 40.8. The maximum atomic E-state index is 12.6. The van der Waals surface area contributed by atoms with Gasteiger partial charge in [0, 0.05) is 19.3 Å². The van der Waals surface area contributed by atoms with Crippen molar-refractivity contribution in [1.29, 1.82) is 0 Å². The van der Waals surface area contributed by atoms with Crippen molar-refractivity contribution in [3.05, 3.63) is 54.1 Å². The van der Waals surface area contributed by atoms with Crippen molar-refractivity contribution >= 4 is 5.97 Å². The molecule has 1 N–H and O–H groups in total. The van der Waals surface area contributed by atoms with Crippen LogP contribution < -0.4 is 4.74 Å². The van der Waals surface area contributed by atoms with Gasteiger partial charge >= 0.3 is 5.97 Å². The van der Waals surface area contributed by atoms with Crippen molar-refractivity contribution in [3.63, 3.8) is 0 Å². The van der Waals surface area contributed by atoms with Gasteiger partial charge < -0.3 is 33.5 Å². The molecule has 8 heteroatoms. The van der Waals surface area contributed by atoms with E-state index in [-0.39, 0.29) is 55.2 Å².